The van der Waals surface area contributed by atoms with Gasteiger partial charge in [0.1, 0.15) is 5.69 Å². The summed E-state index contributed by atoms with van der Waals surface area (Å²) in [4.78, 5) is 16.0. The summed E-state index contributed by atoms with van der Waals surface area (Å²) in [5.74, 6) is -0.584. The van der Waals surface area contributed by atoms with Crippen LogP contribution in [-0.2, 0) is 0 Å². The predicted molar refractivity (Wildman–Crippen MR) is 89.1 cm³/mol. The number of pyridine rings is 1. The lowest BCUT2D eigenvalue weighted by molar-refractivity contribution is 0.0699. The molecule has 6 heteroatoms. The number of carboxylic acids is 1. The lowest BCUT2D eigenvalue weighted by Gasteiger charge is -2.06. The van der Waals surface area contributed by atoms with Gasteiger partial charge in [-0.25, -0.2) is 14.5 Å². The summed E-state index contributed by atoms with van der Waals surface area (Å²) >= 11 is 0. The van der Waals surface area contributed by atoms with Crippen LogP contribution >= 0.6 is 0 Å². The second kappa shape index (κ2) is 5.58. The Morgan fingerprint density at radius 3 is 2.54 bits per heavy atom. The minimum atomic E-state index is -1.00. The summed E-state index contributed by atoms with van der Waals surface area (Å²) in [6.07, 6.45) is 1.73. The Bertz CT molecular complexity index is 1040. The third-order valence-corrected chi connectivity index (χ3v) is 3.73. The van der Waals surface area contributed by atoms with Crippen LogP contribution in [0.25, 0.3) is 28.0 Å². The molecule has 0 radical (unpaired) electrons. The van der Waals surface area contributed by atoms with Gasteiger partial charge in [-0.15, -0.1) is 5.10 Å². The highest BCUT2D eigenvalue weighted by Gasteiger charge is 2.14. The van der Waals surface area contributed by atoms with Crippen LogP contribution in [0.15, 0.2) is 66.9 Å². The molecule has 0 unspecified atom stereocenters. The second-order valence-corrected chi connectivity index (χ2v) is 5.26. The summed E-state index contributed by atoms with van der Waals surface area (Å²) in [5, 5.41) is 18.3. The third-order valence-electron chi connectivity index (χ3n) is 3.73. The highest BCUT2D eigenvalue weighted by molar-refractivity contribution is 6.02. The van der Waals surface area contributed by atoms with Crippen molar-refractivity contribution in [1.82, 2.24) is 20.0 Å². The molecular weight excluding hydrogens is 304 g/mol. The number of para-hydroxylation sites is 1. The molecule has 0 saturated heterocycles. The van der Waals surface area contributed by atoms with Crippen molar-refractivity contribution in [2.45, 2.75) is 0 Å². The molecule has 0 aliphatic rings. The van der Waals surface area contributed by atoms with E-state index in [1.54, 1.807) is 24.4 Å². The van der Waals surface area contributed by atoms with Crippen molar-refractivity contribution in [3.63, 3.8) is 0 Å². The van der Waals surface area contributed by atoms with Crippen molar-refractivity contribution in [1.29, 1.82) is 0 Å². The summed E-state index contributed by atoms with van der Waals surface area (Å²) in [5.41, 5.74) is 2.42. The summed E-state index contributed by atoms with van der Waals surface area (Å²) < 4.78 is 1.49. The zero-order valence-electron chi connectivity index (χ0n) is 12.5. The van der Waals surface area contributed by atoms with Crippen LogP contribution in [0.2, 0.25) is 0 Å². The first-order valence-electron chi connectivity index (χ1n) is 7.33. The standard InChI is InChI=1S/C18H12N4O2/c23-18(24)14-10-17(19-15-9-5-4-8-13(14)15)22-11-16(20-21-22)12-6-2-1-3-7-12/h1-11H,(H,23,24). The van der Waals surface area contributed by atoms with E-state index in [1.165, 1.54) is 10.7 Å². The molecule has 2 aromatic carbocycles. The van der Waals surface area contributed by atoms with Gasteiger partial charge in [-0.3, -0.25) is 0 Å². The number of aromatic nitrogens is 4. The van der Waals surface area contributed by atoms with Crippen molar-refractivity contribution in [2.75, 3.05) is 0 Å². The molecule has 2 heterocycles. The summed E-state index contributed by atoms with van der Waals surface area (Å²) in [6, 6.07) is 18.3. The van der Waals surface area contributed by atoms with Crippen molar-refractivity contribution in [2.24, 2.45) is 0 Å². The highest BCUT2D eigenvalue weighted by atomic mass is 16.4. The Hall–Kier alpha value is -3.54. The smallest absolute Gasteiger partial charge is 0.336 e. The van der Waals surface area contributed by atoms with Gasteiger partial charge in [-0.1, -0.05) is 53.7 Å². The SMILES string of the molecule is O=C(O)c1cc(-n2cc(-c3ccccc3)nn2)nc2ccccc12. The first kappa shape index (κ1) is 14.1. The minimum Gasteiger partial charge on any atom is -0.478 e. The lowest BCUT2D eigenvalue weighted by atomic mass is 10.1. The molecule has 0 atom stereocenters. The fourth-order valence-corrected chi connectivity index (χ4v) is 2.57. The molecule has 0 aliphatic carbocycles. The summed E-state index contributed by atoms with van der Waals surface area (Å²) in [6.45, 7) is 0. The quantitative estimate of drug-likeness (QED) is 0.628. The molecule has 0 amide bonds. The molecule has 1 N–H and O–H groups in total. The van der Waals surface area contributed by atoms with Gasteiger partial charge in [0.25, 0.3) is 0 Å². The van der Waals surface area contributed by atoms with Crippen LogP contribution in [0.5, 0.6) is 0 Å². The number of nitrogens with zero attached hydrogens (tertiary/aromatic N) is 4. The van der Waals surface area contributed by atoms with Gasteiger partial charge < -0.3 is 5.11 Å². The molecule has 4 rings (SSSR count). The Morgan fingerprint density at radius 2 is 1.75 bits per heavy atom. The number of rotatable bonds is 3. The monoisotopic (exact) mass is 316 g/mol. The van der Waals surface area contributed by atoms with Crippen molar-refractivity contribution in [3.05, 3.63) is 72.4 Å². The molecule has 2 aromatic heterocycles. The average Bonchev–Trinajstić information content (AvgIpc) is 3.11. The van der Waals surface area contributed by atoms with Gasteiger partial charge in [0.2, 0.25) is 0 Å². The number of aromatic carboxylic acids is 1. The molecule has 0 spiro atoms. The zero-order valence-corrected chi connectivity index (χ0v) is 12.5. The highest BCUT2D eigenvalue weighted by Crippen LogP contribution is 2.21. The average molecular weight is 316 g/mol. The predicted octanol–water partition coefficient (Wildman–Crippen LogP) is 3.18. The van der Waals surface area contributed by atoms with E-state index >= 15 is 0 Å². The van der Waals surface area contributed by atoms with Gasteiger partial charge in [0.05, 0.1) is 17.3 Å². The maximum atomic E-state index is 11.6. The number of hydrogen-bond acceptors (Lipinski definition) is 4. The number of hydrogen-bond donors (Lipinski definition) is 1. The largest absolute Gasteiger partial charge is 0.478 e. The van der Waals surface area contributed by atoms with Crippen LogP contribution in [0.1, 0.15) is 10.4 Å². The number of carbonyl (C=O) groups is 1. The topological polar surface area (TPSA) is 80.9 Å². The van der Waals surface area contributed by atoms with E-state index in [0.29, 0.717) is 22.4 Å². The second-order valence-electron chi connectivity index (χ2n) is 5.26. The fraction of sp³-hybridized carbons (Fsp3) is 0. The lowest BCUT2D eigenvalue weighted by Crippen LogP contribution is -2.04. The fourth-order valence-electron chi connectivity index (χ4n) is 2.57. The van der Waals surface area contributed by atoms with Crippen LogP contribution < -0.4 is 0 Å². The van der Waals surface area contributed by atoms with Gasteiger partial charge >= 0.3 is 5.97 Å². The molecule has 0 bridgehead atoms. The zero-order chi connectivity index (χ0) is 16.5. The van der Waals surface area contributed by atoms with Crippen molar-refractivity contribution < 1.29 is 9.90 Å². The number of benzene rings is 2. The van der Waals surface area contributed by atoms with Gasteiger partial charge in [0.15, 0.2) is 5.82 Å². The summed E-state index contributed by atoms with van der Waals surface area (Å²) in [7, 11) is 0. The molecular formula is C18H12N4O2. The van der Waals surface area contributed by atoms with E-state index in [0.717, 1.165) is 5.56 Å². The van der Waals surface area contributed by atoms with Gasteiger partial charge in [0, 0.05) is 10.9 Å². The molecule has 6 nitrogen and oxygen atoms in total. The van der Waals surface area contributed by atoms with Crippen LogP contribution in [0, 0.1) is 0 Å². The Labute approximate surface area is 137 Å². The number of carboxylic acid groups (broad SMARTS) is 1. The molecule has 116 valence electrons. The van der Waals surface area contributed by atoms with Crippen LogP contribution in [0.4, 0.5) is 0 Å². The number of fused-ring (bicyclic) bond motifs is 1. The Morgan fingerprint density at radius 1 is 1.00 bits per heavy atom. The van der Waals surface area contributed by atoms with Crippen LogP contribution in [-0.4, -0.2) is 31.1 Å². The van der Waals surface area contributed by atoms with E-state index in [9.17, 15) is 9.90 Å². The third kappa shape index (κ3) is 2.40. The van der Waals surface area contributed by atoms with E-state index in [1.807, 2.05) is 36.4 Å². The molecule has 0 fully saturated rings. The maximum Gasteiger partial charge on any atom is 0.336 e. The van der Waals surface area contributed by atoms with E-state index in [2.05, 4.69) is 15.3 Å². The molecule has 4 aromatic rings. The Kier molecular flexibility index (Phi) is 3.28. The van der Waals surface area contributed by atoms with E-state index in [-0.39, 0.29) is 5.56 Å². The Balaban J connectivity index is 1.85. The first-order chi connectivity index (χ1) is 11.7. The normalized spacial score (nSPS) is 10.8. The minimum absolute atomic E-state index is 0.187. The molecule has 0 aliphatic heterocycles. The van der Waals surface area contributed by atoms with Crippen molar-refractivity contribution >= 4 is 16.9 Å². The van der Waals surface area contributed by atoms with Gasteiger partial charge in [-0.2, -0.15) is 0 Å². The molecule has 0 saturated carbocycles. The van der Waals surface area contributed by atoms with Crippen LogP contribution in [0.3, 0.4) is 0 Å². The van der Waals surface area contributed by atoms with E-state index in [4.69, 9.17) is 0 Å². The van der Waals surface area contributed by atoms with Crippen molar-refractivity contribution in [3.8, 4) is 17.1 Å². The first-order valence-corrected chi connectivity index (χ1v) is 7.33. The van der Waals surface area contributed by atoms with Gasteiger partial charge in [-0.05, 0) is 12.1 Å². The maximum absolute atomic E-state index is 11.6. The van der Waals surface area contributed by atoms with E-state index < -0.39 is 5.97 Å². The molecule has 24 heavy (non-hydrogen) atoms.